The minimum absolute atomic E-state index is 0.0212. The van der Waals surface area contributed by atoms with Crippen LogP contribution < -0.4 is 4.90 Å². The lowest BCUT2D eigenvalue weighted by atomic mass is 9.88. The van der Waals surface area contributed by atoms with Gasteiger partial charge >= 0.3 is 12.1 Å². The molecule has 2 aromatic rings. The van der Waals surface area contributed by atoms with Crippen LogP contribution in [-0.2, 0) is 20.9 Å². The van der Waals surface area contributed by atoms with E-state index in [1.165, 1.54) is 5.56 Å². The predicted octanol–water partition coefficient (Wildman–Crippen LogP) is 3.45. The zero-order valence-corrected chi connectivity index (χ0v) is 16.8. The van der Waals surface area contributed by atoms with E-state index in [9.17, 15) is 13.2 Å². The van der Waals surface area contributed by atoms with Gasteiger partial charge in [-0.3, -0.25) is 0 Å². The summed E-state index contributed by atoms with van der Waals surface area (Å²) in [7, 11) is 0. The third kappa shape index (κ3) is 6.63. The van der Waals surface area contributed by atoms with E-state index in [2.05, 4.69) is 27.0 Å². The maximum Gasteiger partial charge on any atom is 0.490 e. The highest BCUT2D eigenvalue weighted by Crippen LogP contribution is 2.37. The summed E-state index contributed by atoms with van der Waals surface area (Å²) in [6.45, 7) is 3.24. The van der Waals surface area contributed by atoms with Crippen LogP contribution in [0.5, 0.6) is 0 Å². The van der Waals surface area contributed by atoms with E-state index < -0.39 is 12.1 Å². The minimum atomic E-state index is -5.08. The SMILES string of the molecule is O=C(O)C(F)(F)F.c1ccc(COC2COC3(CCN(c4ncccn4)CC3)C2)cc1. The van der Waals surface area contributed by atoms with Crippen molar-refractivity contribution in [2.24, 2.45) is 0 Å². The van der Waals surface area contributed by atoms with Gasteiger partial charge in [0.15, 0.2) is 0 Å². The molecule has 168 valence electrons. The average molecular weight is 439 g/mol. The van der Waals surface area contributed by atoms with Gasteiger partial charge in [0.25, 0.3) is 0 Å². The maximum absolute atomic E-state index is 10.6. The first kappa shape index (κ1) is 23.0. The van der Waals surface area contributed by atoms with Crippen molar-refractivity contribution >= 4 is 11.9 Å². The second-order valence-electron chi connectivity index (χ2n) is 7.46. The van der Waals surface area contributed by atoms with Crippen LogP contribution in [0, 0.1) is 0 Å². The number of aliphatic carboxylic acids is 1. The van der Waals surface area contributed by atoms with Gasteiger partial charge in [0.1, 0.15) is 0 Å². The largest absolute Gasteiger partial charge is 0.490 e. The van der Waals surface area contributed by atoms with Crippen LogP contribution in [0.1, 0.15) is 24.8 Å². The fourth-order valence-electron chi connectivity index (χ4n) is 3.62. The van der Waals surface area contributed by atoms with Gasteiger partial charge < -0.3 is 19.5 Å². The van der Waals surface area contributed by atoms with Gasteiger partial charge in [0.05, 0.1) is 24.9 Å². The van der Waals surface area contributed by atoms with Crippen LogP contribution in [-0.4, -0.2) is 58.6 Å². The Morgan fingerprint density at radius 3 is 2.35 bits per heavy atom. The summed E-state index contributed by atoms with van der Waals surface area (Å²) in [4.78, 5) is 19.8. The summed E-state index contributed by atoms with van der Waals surface area (Å²) >= 11 is 0. The predicted molar refractivity (Wildman–Crippen MR) is 105 cm³/mol. The van der Waals surface area contributed by atoms with Crippen molar-refractivity contribution in [3.05, 3.63) is 54.4 Å². The normalized spacial score (nSPS) is 20.2. The van der Waals surface area contributed by atoms with Gasteiger partial charge in [-0.1, -0.05) is 30.3 Å². The van der Waals surface area contributed by atoms with Crippen molar-refractivity contribution in [2.75, 3.05) is 24.6 Å². The molecule has 2 fully saturated rings. The number of nitrogens with zero attached hydrogens (tertiary/aromatic N) is 3. The van der Waals surface area contributed by atoms with Crippen LogP contribution in [0.25, 0.3) is 0 Å². The van der Waals surface area contributed by atoms with Crippen LogP contribution in [0.4, 0.5) is 19.1 Å². The Bertz CT molecular complexity index is 829. The number of anilines is 1. The Labute approximate surface area is 177 Å². The number of benzene rings is 1. The standard InChI is InChI=1S/C19H23N3O2.C2HF3O2/c1-2-5-16(6-3-1)14-23-17-13-19(24-15-17)7-11-22(12-8-19)18-20-9-4-10-21-18;3-2(4,5)1(6)7/h1-6,9-10,17H,7-8,11-15H2;(H,6,7). The van der Waals surface area contributed by atoms with Gasteiger partial charge in [-0.25, -0.2) is 14.8 Å². The number of carboxylic acid groups (broad SMARTS) is 1. The molecular weight excluding hydrogens is 415 g/mol. The van der Waals surface area contributed by atoms with E-state index in [4.69, 9.17) is 19.4 Å². The van der Waals surface area contributed by atoms with E-state index in [1.54, 1.807) is 12.4 Å². The van der Waals surface area contributed by atoms with E-state index in [1.807, 2.05) is 24.3 Å². The molecule has 0 aliphatic carbocycles. The Morgan fingerprint density at radius 2 is 1.77 bits per heavy atom. The number of halogens is 3. The number of hydrogen-bond acceptors (Lipinski definition) is 6. The fraction of sp³-hybridized carbons (Fsp3) is 0.476. The number of ether oxygens (including phenoxy) is 2. The Kier molecular flexibility index (Phi) is 7.45. The van der Waals surface area contributed by atoms with Crippen molar-refractivity contribution in [1.29, 1.82) is 0 Å². The van der Waals surface area contributed by atoms with Crippen LogP contribution in [0.15, 0.2) is 48.8 Å². The van der Waals surface area contributed by atoms with E-state index in [-0.39, 0.29) is 11.7 Å². The molecule has 2 saturated heterocycles. The maximum atomic E-state index is 10.6. The fourth-order valence-corrected chi connectivity index (χ4v) is 3.62. The highest BCUT2D eigenvalue weighted by Gasteiger charge is 2.43. The highest BCUT2D eigenvalue weighted by molar-refractivity contribution is 5.73. The highest BCUT2D eigenvalue weighted by atomic mass is 19.4. The van der Waals surface area contributed by atoms with Crippen LogP contribution in [0.2, 0.25) is 0 Å². The molecule has 31 heavy (non-hydrogen) atoms. The first-order chi connectivity index (χ1) is 14.8. The summed E-state index contributed by atoms with van der Waals surface area (Å²) in [6.07, 6.45) is 1.72. The van der Waals surface area contributed by atoms with Crippen LogP contribution in [0.3, 0.4) is 0 Å². The summed E-state index contributed by atoms with van der Waals surface area (Å²) in [6, 6.07) is 12.2. The molecule has 10 heteroatoms. The summed E-state index contributed by atoms with van der Waals surface area (Å²) in [5, 5.41) is 7.12. The second kappa shape index (κ2) is 10.1. The molecule has 0 amide bonds. The number of aromatic nitrogens is 2. The molecule has 1 aromatic carbocycles. The molecule has 4 rings (SSSR count). The third-order valence-corrected chi connectivity index (χ3v) is 5.26. The topological polar surface area (TPSA) is 84.8 Å². The van der Waals surface area contributed by atoms with Gasteiger partial charge in [0.2, 0.25) is 5.95 Å². The Balaban J connectivity index is 0.000000339. The molecule has 1 spiro atoms. The molecular formula is C21H24F3N3O4. The number of carboxylic acids is 1. The lowest BCUT2D eigenvalue weighted by Gasteiger charge is -2.38. The summed E-state index contributed by atoms with van der Waals surface area (Å²) in [5.74, 6) is -1.94. The quantitative estimate of drug-likeness (QED) is 0.781. The number of hydrogen-bond donors (Lipinski definition) is 1. The van der Waals surface area contributed by atoms with Gasteiger partial charge in [-0.2, -0.15) is 13.2 Å². The first-order valence-electron chi connectivity index (χ1n) is 9.89. The number of rotatable bonds is 4. The number of alkyl halides is 3. The molecule has 1 atom stereocenters. The van der Waals surface area contributed by atoms with Crippen LogP contribution >= 0.6 is 0 Å². The lowest BCUT2D eigenvalue weighted by molar-refractivity contribution is -0.192. The molecule has 3 heterocycles. The third-order valence-electron chi connectivity index (χ3n) is 5.26. The van der Waals surface area contributed by atoms with Crippen molar-refractivity contribution in [3.8, 4) is 0 Å². The summed E-state index contributed by atoms with van der Waals surface area (Å²) in [5.41, 5.74) is 1.20. The Hall–Kier alpha value is -2.72. The van der Waals surface area contributed by atoms with Gasteiger partial charge in [-0.15, -0.1) is 0 Å². The van der Waals surface area contributed by atoms with Crippen molar-refractivity contribution in [1.82, 2.24) is 9.97 Å². The average Bonchev–Trinajstić information content (AvgIpc) is 3.16. The number of carbonyl (C=O) groups is 1. The zero-order valence-electron chi connectivity index (χ0n) is 16.8. The van der Waals surface area contributed by atoms with Crippen molar-refractivity contribution in [2.45, 2.75) is 43.8 Å². The van der Waals surface area contributed by atoms with Gasteiger partial charge in [-0.05, 0) is 24.5 Å². The minimum Gasteiger partial charge on any atom is -0.475 e. The van der Waals surface area contributed by atoms with E-state index in [0.29, 0.717) is 13.2 Å². The van der Waals surface area contributed by atoms with Crippen molar-refractivity contribution in [3.63, 3.8) is 0 Å². The summed E-state index contributed by atoms with van der Waals surface area (Å²) < 4.78 is 44.0. The molecule has 2 aliphatic heterocycles. The van der Waals surface area contributed by atoms with E-state index >= 15 is 0 Å². The second-order valence-corrected chi connectivity index (χ2v) is 7.46. The molecule has 1 aromatic heterocycles. The zero-order chi connectivity index (χ0) is 22.3. The number of piperidine rings is 1. The molecule has 0 radical (unpaired) electrons. The molecule has 1 unspecified atom stereocenters. The van der Waals surface area contributed by atoms with Crippen molar-refractivity contribution < 1.29 is 32.5 Å². The molecule has 7 nitrogen and oxygen atoms in total. The lowest BCUT2D eigenvalue weighted by Crippen LogP contribution is -2.45. The molecule has 0 saturated carbocycles. The molecule has 1 N–H and O–H groups in total. The van der Waals surface area contributed by atoms with E-state index in [0.717, 1.165) is 38.3 Å². The molecule has 2 aliphatic rings. The molecule has 0 bridgehead atoms. The van der Waals surface area contributed by atoms with Gasteiger partial charge in [0, 0.05) is 31.9 Å². The monoisotopic (exact) mass is 439 g/mol. The Morgan fingerprint density at radius 1 is 1.16 bits per heavy atom. The first-order valence-corrected chi connectivity index (χ1v) is 9.89. The smallest absolute Gasteiger partial charge is 0.475 e.